The van der Waals surface area contributed by atoms with Gasteiger partial charge in [0.1, 0.15) is 11.5 Å². The lowest BCUT2D eigenvalue weighted by Crippen LogP contribution is -2.24. The van der Waals surface area contributed by atoms with Crippen molar-refractivity contribution in [1.82, 2.24) is 9.55 Å². The van der Waals surface area contributed by atoms with Crippen molar-refractivity contribution in [3.8, 4) is 22.7 Å². The Labute approximate surface area is 249 Å². The Hall–Kier alpha value is -3.68. The van der Waals surface area contributed by atoms with Gasteiger partial charge >= 0.3 is 7.60 Å². The van der Waals surface area contributed by atoms with Gasteiger partial charge in [-0.05, 0) is 48.7 Å². The second kappa shape index (κ2) is 11.9. The zero-order valence-electron chi connectivity index (χ0n) is 23.7. The van der Waals surface area contributed by atoms with Crippen LogP contribution in [0, 0.1) is 0 Å². The Morgan fingerprint density at radius 3 is 2.33 bits per heavy atom. The van der Waals surface area contributed by atoms with Crippen LogP contribution in [0.3, 0.4) is 0 Å². The minimum absolute atomic E-state index is 0.142. The van der Waals surface area contributed by atoms with Crippen LogP contribution in [-0.4, -0.2) is 25.2 Å². The highest BCUT2D eigenvalue weighted by Gasteiger charge is 2.45. The SMILES string of the molecule is CCC(CC)(c1ccc(NC(=O)CCc2oc(-c3cn(C)c4ccccc34)nc2-c2ccc(Cl)cc2)cc1)P(=O)(O)O. The van der Waals surface area contributed by atoms with E-state index < -0.39 is 12.8 Å². The van der Waals surface area contributed by atoms with Gasteiger partial charge in [-0.25, -0.2) is 4.98 Å². The molecule has 2 heterocycles. The molecule has 8 nitrogen and oxygen atoms in total. The highest BCUT2D eigenvalue weighted by molar-refractivity contribution is 7.53. The molecule has 0 bridgehead atoms. The van der Waals surface area contributed by atoms with Crippen molar-refractivity contribution in [3.05, 3.63) is 95.3 Å². The summed E-state index contributed by atoms with van der Waals surface area (Å²) in [5.41, 5.74) is 4.50. The first-order valence-electron chi connectivity index (χ1n) is 13.8. The molecule has 0 atom stereocenters. The summed E-state index contributed by atoms with van der Waals surface area (Å²) >= 11 is 6.12. The lowest BCUT2D eigenvalue weighted by Gasteiger charge is -2.33. The molecule has 0 unspecified atom stereocenters. The van der Waals surface area contributed by atoms with Crippen molar-refractivity contribution in [3.63, 3.8) is 0 Å². The fraction of sp³-hybridized carbons (Fsp3) is 0.250. The number of oxazole rings is 1. The summed E-state index contributed by atoms with van der Waals surface area (Å²) < 4.78 is 20.6. The van der Waals surface area contributed by atoms with Crippen LogP contribution >= 0.6 is 19.2 Å². The molecular formula is C32H33ClN3O5P. The number of carbonyl (C=O) groups excluding carboxylic acids is 1. The van der Waals surface area contributed by atoms with Crippen molar-refractivity contribution in [1.29, 1.82) is 0 Å². The molecule has 0 aliphatic heterocycles. The number of hydrogen-bond acceptors (Lipinski definition) is 4. The highest BCUT2D eigenvalue weighted by atomic mass is 35.5. The Morgan fingerprint density at radius 1 is 1.02 bits per heavy atom. The van der Waals surface area contributed by atoms with Crippen LogP contribution in [0.2, 0.25) is 5.02 Å². The standard InChI is InChI=1S/C32H33ClN3O5P/c1-4-32(5-2,42(38,39)40)22-12-16-24(17-13-22)34-29(37)19-18-28-30(21-10-14-23(33)15-11-21)35-31(41-28)26-20-36(3)27-9-7-6-8-25(26)27/h6-17,20H,4-5,18-19H2,1-3H3,(H,34,37)(H2,38,39,40). The molecule has 0 saturated heterocycles. The second-order valence-electron chi connectivity index (χ2n) is 10.4. The summed E-state index contributed by atoms with van der Waals surface area (Å²) in [5.74, 6) is 0.839. The van der Waals surface area contributed by atoms with E-state index in [0.29, 0.717) is 52.9 Å². The Kier molecular flexibility index (Phi) is 8.44. The summed E-state index contributed by atoms with van der Waals surface area (Å²) in [6.07, 6.45) is 3.04. The highest BCUT2D eigenvalue weighted by Crippen LogP contribution is 2.60. The van der Waals surface area contributed by atoms with Gasteiger partial charge in [-0.3, -0.25) is 9.36 Å². The number of aromatic nitrogens is 2. The number of nitrogens with zero attached hydrogens (tertiary/aromatic N) is 2. The van der Waals surface area contributed by atoms with Crippen LogP contribution in [0.4, 0.5) is 5.69 Å². The predicted octanol–water partition coefficient (Wildman–Crippen LogP) is 7.92. The molecule has 0 saturated carbocycles. The number of rotatable bonds is 10. The number of nitrogens with one attached hydrogen (secondary N) is 1. The first-order valence-corrected chi connectivity index (χ1v) is 15.8. The van der Waals surface area contributed by atoms with Crippen molar-refractivity contribution in [2.45, 2.75) is 44.7 Å². The van der Waals surface area contributed by atoms with E-state index in [1.54, 1.807) is 50.2 Å². The average molecular weight is 606 g/mol. The third kappa shape index (κ3) is 5.68. The van der Waals surface area contributed by atoms with E-state index in [1.165, 1.54) is 0 Å². The zero-order valence-corrected chi connectivity index (χ0v) is 25.3. The third-order valence-electron chi connectivity index (χ3n) is 7.95. The summed E-state index contributed by atoms with van der Waals surface area (Å²) in [4.78, 5) is 37.9. The van der Waals surface area contributed by atoms with Crippen LogP contribution in [0.25, 0.3) is 33.6 Å². The number of carbonyl (C=O) groups is 1. The van der Waals surface area contributed by atoms with Crippen LogP contribution in [0.15, 0.2) is 83.4 Å². The normalized spacial score (nSPS) is 12.1. The van der Waals surface area contributed by atoms with Gasteiger partial charge in [0.25, 0.3) is 0 Å². The van der Waals surface area contributed by atoms with Crippen molar-refractivity contribution in [2.24, 2.45) is 7.05 Å². The molecule has 0 radical (unpaired) electrons. The zero-order chi connectivity index (χ0) is 30.1. The molecule has 0 fully saturated rings. The first-order chi connectivity index (χ1) is 20.1. The van der Waals surface area contributed by atoms with E-state index in [2.05, 4.69) is 5.32 Å². The van der Waals surface area contributed by atoms with E-state index in [0.717, 1.165) is 22.0 Å². The number of fused-ring (bicyclic) bond motifs is 1. The van der Waals surface area contributed by atoms with Gasteiger partial charge in [-0.2, -0.15) is 0 Å². The molecule has 0 aliphatic rings. The molecule has 0 aliphatic carbocycles. The molecular weight excluding hydrogens is 573 g/mol. The average Bonchev–Trinajstić information content (AvgIpc) is 3.54. The third-order valence-corrected chi connectivity index (χ3v) is 10.2. The number of amides is 1. The van der Waals surface area contributed by atoms with Crippen molar-refractivity contribution < 1.29 is 23.6 Å². The van der Waals surface area contributed by atoms with Gasteiger partial charge < -0.3 is 24.1 Å². The number of halogens is 1. The van der Waals surface area contributed by atoms with E-state index in [4.69, 9.17) is 21.0 Å². The molecule has 2 aromatic heterocycles. The molecule has 3 aromatic carbocycles. The lowest BCUT2D eigenvalue weighted by atomic mass is 9.92. The quantitative estimate of drug-likeness (QED) is 0.139. The maximum absolute atomic E-state index is 13.0. The van der Waals surface area contributed by atoms with Gasteiger partial charge in [0.05, 0.1) is 10.7 Å². The van der Waals surface area contributed by atoms with Crippen LogP contribution in [0.1, 0.15) is 44.4 Å². The minimum Gasteiger partial charge on any atom is -0.440 e. The van der Waals surface area contributed by atoms with Gasteiger partial charge in [-0.1, -0.05) is 67.9 Å². The fourth-order valence-corrected chi connectivity index (χ4v) is 6.97. The first kappa shape index (κ1) is 29.8. The maximum atomic E-state index is 13.0. The fourth-order valence-electron chi connectivity index (χ4n) is 5.53. The van der Waals surface area contributed by atoms with E-state index in [-0.39, 0.29) is 12.3 Å². The summed E-state index contributed by atoms with van der Waals surface area (Å²) in [6.45, 7) is 3.54. The van der Waals surface area contributed by atoms with Crippen LogP contribution in [-0.2, 0) is 28.0 Å². The second-order valence-corrected chi connectivity index (χ2v) is 12.8. The van der Waals surface area contributed by atoms with Gasteiger partial charge in [-0.15, -0.1) is 0 Å². The Morgan fingerprint density at radius 2 is 1.69 bits per heavy atom. The van der Waals surface area contributed by atoms with E-state index in [9.17, 15) is 19.1 Å². The Bertz CT molecular complexity index is 1770. The number of para-hydroxylation sites is 1. The molecule has 5 rings (SSSR count). The molecule has 3 N–H and O–H groups in total. The van der Waals surface area contributed by atoms with Gasteiger partial charge in [0, 0.05) is 53.3 Å². The largest absolute Gasteiger partial charge is 0.440 e. The molecule has 218 valence electrons. The molecule has 10 heteroatoms. The number of aryl methyl sites for hydroxylation is 2. The number of hydrogen-bond donors (Lipinski definition) is 3. The minimum atomic E-state index is -4.39. The predicted molar refractivity (Wildman–Crippen MR) is 167 cm³/mol. The maximum Gasteiger partial charge on any atom is 0.335 e. The van der Waals surface area contributed by atoms with E-state index >= 15 is 0 Å². The summed E-state index contributed by atoms with van der Waals surface area (Å²) in [7, 11) is -2.42. The van der Waals surface area contributed by atoms with Crippen molar-refractivity contribution in [2.75, 3.05) is 5.32 Å². The Balaban J connectivity index is 1.37. The topological polar surface area (TPSA) is 118 Å². The van der Waals surface area contributed by atoms with Crippen LogP contribution in [0.5, 0.6) is 0 Å². The van der Waals surface area contributed by atoms with Crippen molar-refractivity contribution >= 4 is 41.7 Å². The number of anilines is 1. The summed E-state index contributed by atoms with van der Waals surface area (Å²) in [6, 6.07) is 22.1. The molecule has 0 spiro atoms. The molecule has 42 heavy (non-hydrogen) atoms. The lowest BCUT2D eigenvalue weighted by molar-refractivity contribution is -0.116. The monoisotopic (exact) mass is 605 g/mol. The van der Waals surface area contributed by atoms with E-state index in [1.807, 2.05) is 54.2 Å². The number of benzene rings is 3. The summed E-state index contributed by atoms with van der Waals surface area (Å²) in [5, 5.41) is 3.26. The van der Waals surface area contributed by atoms with Gasteiger partial charge in [0.2, 0.25) is 11.8 Å². The molecule has 5 aromatic rings. The smallest absolute Gasteiger partial charge is 0.335 e. The van der Waals surface area contributed by atoms with Gasteiger partial charge in [0.15, 0.2) is 0 Å². The van der Waals surface area contributed by atoms with Crippen LogP contribution < -0.4 is 5.32 Å². The molecule has 1 amide bonds.